The van der Waals surface area contributed by atoms with Gasteiger partial charge in [-0.1, -0.05) is 29.3 Å². The van der Waals surface area contributed by atoms with Crippen molar-refractivity contribution >= 4 is 50.9 Å². The monoisotopic (exact) mass is 472 g/mol. The number of carbonyl (C=O) groups excluding carboxylic acids is 1. The molecule has 1 fully saturated rings. The molecule has 3 rings (SSSR count). The number of sulfonamides is 1. The lowest BCUT2D eigenvalue weighted by atomic mass is 10.2. The van der Waals surface area contributed by atoms with Crippen molar-refractivity contribution in [3.05, 3.63) is 63.6 Å². The Labute approximate surface area is 185 Å². The van der Waals surface area contributed by atoms with Crippen LogP contribution in [0.3, 0.4) is 0 Å². The van der Waals surface area contributed by atoms with E-state index in [0.717, 1.165) is 29.9 Å². The molecular weight excluding hydrogens is 451 g/mol. The fraction of sp³-hybridized carbons (Fsp3) is 0.350. The second-order valence-electron chi connectivity index (χ2n) is 6.69. The molecule has 1 saturated heterocycles. The molecule has 0 aromatic heterocycles. The van der Waals surface area contributed by atoms with Crippen LogP contribution in [0.1, 0.15) is 28.8 Å². The van der Waals surface area contributed by atoms with Gasteiger partial charge in [0.25, 0.3) is 5.91 Å². The average Bonchev–Trinajstić information content (AvgIpc) is 3.26. The molecule has 156 valence electrons. The van der Waals surface area contributed by atoms with Crippen LogP contribution in [-0.2, 0) is 15.8 Å². The van der Waals surface area contributed by atoms with Gasteiger partial charge < -0.3 is 5.32 Å². The predicted molar refractivity (Wildman–Crippen MR) is 119 cm³/mol. The number of nitrogens with zero attached hydrogens (tertiary/aromatic N) is 1. The molecule has 29 heavy (non-hydrogen) atoms. The molecule has 9 heteroatoms. The van der Waals surface area contributed by atoms with Gasteiger partial charge in [-0.3, -0.25) is 4.79 Å². The van der Waals surface area contributed by atoms with E-state index in [-0.39, 0.29) is 10.8 Å². The highest BCUT2D eigenvalue weighted by Crippen LogP contribution is 2.24. The summed E-state index contributed by atoms with van der Waals surface area (Å²) in [6.07, 6.45) is 1.78. The minimum absolute atomic E-state index is 0.217. The summed E-state index contributed by atoms with van der Waals surface area (Å²) in [6.45, 7) is 1.63. The summed E-state index contributed by atoms with van der Waals surface area (Å²) in [5.74, 6) is 1.30. The first-order valence-corrected chi connectivity index (χ1v) is 12.6. The predicted octanol–water partition coefficient (Wildman–Crippen LogP) is 4.44. The Hall–Kier alpha value is -1.25. The molecule has 2 aromatic rings. The van der Waals surface area contributed by atoms with Crippen molar-refractivity contribution in [1.29, 1.82) is 0 Å². The van der Waals surface area contributed by atoms with E-state index in [1.807, 2.05) is 12.1 Å². The van der Waals surface area contributed by atoms with Crippen LogP contribution < -0.4 is 5.32 Å². The first kappa shape index (κ1) is 22.4. The molecule has 0 bridgehead atoms. The van der Waals surface area contributed by atoms with Crippen molar-refractivity contribution < 1.29 is 13.2 Å². The van der Waals surface area contributed by atoms with Gasteiger partial charge in [0.1, 0.15) is 0 Å². The zero-order valence-electron chi connectivity index (χ0n) is 15.7. The molecule has 0 radical (unpaired) electrons. The number of hydrogen-bond acceptors (Lipinski definition) is 4. The van der Waals surface area contributed by atoms with E-state index < -0.39 is 10.0 Å². The molecule has 0 unspecified atom stereocenters. The van der Waals surface area contributed by atoms with E-state index in [2.05, 4.69) is 5.32 Å². The lowest BCUT2D eigenvalue weighted by Crippen LogP contribution is -2.28. The lowest BCUT2D eigenvalue weighted by Gasteiger charge is -2.15. The molecule has 2 aromatic carbocycles. The second kappa shape index (κ2) is 10.2. The van der Waals surface area contributed by atoms with Gasteiger partial charge in [-0.25, -0.2) is 8.42 Å². The van der Waals surface area contributed by atoms with Crippen molar-refractivity contribution in [2.45, 2.75) is 23.5 Å². The smallest absolute Gasteiger partial charge is 0.251 e. The number of nitrogens with one attached hydrogen (secondary N) is 1. The Bertz CT molecular complexity index is 960. The number of carbonyl (C=O) groups is 1. The largest absolute Gasteiger partial charge is 0.351 e. The zero-order chi connectivity index (χ0) is 20.9. The molecule has 1 aliphatic rings. The molecule has 5 nitrogen and oxygen atoms in total. The quantitative estimate of drug-likeness (QED) is 0.576. The summed E-state index contributed by atoms with van der Waals surface area (Å²) in [5, 5.41) is 3.92. The summed E-state index contributed by atoms with van der Waals surface area (Å²) in [4.78, 5) is 12.5. The topological polar surface area (TPSA) is 66.5 Å². The molecule has 0 spiro atoms. The third-order valence-corrected chi connectivity index (χ3v) is 8.29. The third-order valence-electron chi connectivity index (χ3n) is 4.60. The minimum Gasteiger partial charge on any atom is -0.351 e. The van der Waals surface area contributed by atoms with E-state index in [1.54, 1.807) is 30.0 Å². The summed E-state index contributed by atoms with van der Waals surface area (Å²) in [5.41, 5.74) is 1.52. The second-order valence-corrected chi connectivity index (χ2v) is 10.6. The summed E-state index contributed by atoms with van der Waals surface area (Å²) >= 11 is 13.6. The number of thioether (sulfide) groups is 1. The van der Waals surface area contributed by atoms with Crippen LogP contribution in [0.25, 0.3) is 0 Å². The molecule has 0 aliphatic carbocycles. The first-order chi connectivity index (χ1) is 13.9. The summed E-state index contributed by atoms with van der Waals surface area (Å²) < 4.78 is 26.5. The fourth-order valence-electron chi connectivity index (χ4n) is 3.01. The Morgan fingerprint density at radius 3 is 2.38 bits per heavy atom. The molecule has 1 heterocycles. The molecule has 0 saturated carbocycles. The number of hydrogen-bond donors (Lipinski definition) is 1. The van der Waals surface area contributed by atoms with Gasteiger partial charge in [0, 0.05) is 36.7 Å². The van der Waals surface area contributed by atoms with E-state index in [9.17, 15) is 13.2 Å². The normalized spacial score (nSPS) is 14.8. The van der Waals surface area contributed by atoms with Crippen LogP contribution in [0.2, 0.25) is 10.0 Å². The Balaban J connectivity index is 1.45. The van der Waals surface area contributed by atoms with Gasteiger partial charge in [0.05, 0.1) is 14.9 Å². The Morgan fingerprint density at radius 2 is 1.72 bits per heavy atom. The molecule has 0 atom stereocenters. The SMILES string of the molecule is O=C(NCCSCc1ccc(Cl)c(Cl)c1)c1ccc(S(=O)(=O)N2CCCC2)cc1. The Kier molecular flexibility index (Phi) is 7.87. The van der Waals surface area contributed by atoms with Crippen molar-refractivity contribution in [1.82, 2.24) is 9.62 Å². The van der Waals surface area contributed by atoms with E-state index in [0.29, 0.717) is 35.2 Å². The lowest BCUT2D eigenvalue weighted by molar-refractivity contribution is 0.0956. The third kappa shape index (κ3) is 5.89. The number of rotatable bonds is 8. The highest BCUT2D eigenvalue weighted by atomic mass is 35.5. The molecule has 1 N–H and O–H groups in total. The van der Waals surface area contributed by atoms with Crippen molar-refractivity contribution in [2.24, 2.45) is 0 Å². The summed E-state index contributed by atoms with van der Waals surface area (Å²) in [7, 11) is -3.46. The van der Waals surface area contributed by atoms with Crippen LogP contribution >= 0.6 is 35.0 Å². The standard InChI is InChI=1S/C20H22Cl2N2O3S2/c21-18-8-3-15(13-19(18)22)14-28-12-9-23-20(25)16-4-6-17(7-5-16)29(26,27)24-10-1-2-11-24/h3-8,13H,1-2,9-12,14H2,(H,23,25). The maximum Gasteiger partial charge on any atom is 0.251 e. The van der Waals surface area contributed by atoms with Gasteiger partial charge in [0.15, 0.2) is 0 Å². The van der Waals surface area contributed by atoms with Gasteiger partial charge in [-0.05, 0) is 54.8 Å². The van der Waals surface area contributed by atoms with Crippen molar-refractivity contribution in [3.63, 3.8) is 0 Å². The van der Waals surface area contributed by atoms with Crippen LogP contribution in [0.5, 0.6) is 0 Å². The van der Waals surface area contributed by atoms with Gasteiger partial charge in [-0.2, -0.15) is 16.1 Å². The summed E-state index contributed by atoms with van der Waals surface area (Å²) in [6, 6.07) is 11.7. The maximum atomic E-state index is 12.5. The Morgan fingerprint density at radius 1 is 1.03 bits per heavy atom. The highest BCUT2D eigenvalue weighted by Gasteiger charge is 2.27. The number of benzene rings is 2. The number of amides is 1. The zero-order valence-corrected chi connectivity index (χ0v) is 18.9. The van der Waals surface area contributed by atoms with Crippen LogP contribution in [-0.4, -0.2) is 44.0 Å². The van der Waals surface area contributed by atoms with Crippen LogP contribution in [0.15, 0.2) is 47.4 Å². The van der Waals surface area contributed by atoms with Crippen molar-refractivity contribution in [2.75, 3.05) is 25.4 Å². The van der Waals surface area contributed by atoms with Crippen molar-refractivity contribution in [3.8, 4) is 0 Å². The fourth-order valence-corrected chi connectivity index (χ4v) is 5.66. The molecular formula is C20H22Cl2N2O3S2. The van der Waals surface area contributed by atoms with Gasteiger partial charge >= 0.3 is 0 Å². The van der Waals surface area contributed by atoms with Crippen LogP contribution in [0.4, 0.5) is 0 Å². The van der Waals surface area contributed by atoms with Gasteiger partial charge in [0.2, 0.25) is 10.0 Å². The average molecular weight is 473 g/mol. The van der Waals surface area contributed by atoms with E-state index in [1.165, 1.54) is 16.4 Å². The van der Waals surface area contributed by atoms with Crippen LogP contribution in [0, 0.1) is 0 Å². The minimum atomic E-state index is -3.46. The first-order valence-electron chi connectivity index (χ1n) is 9.28. The maximum absolute atomic E-state index is 12.5. The highest BCUT2D eigenvalue weighted by molar-refractivity contribution is 7.98. The molecule has 1 aliphatic heterocycles. The number of halogens is 2. The van der Waals surface area contributed by atoms with Gasteiger partial charge in [-0.15, -0.1) is 0 Å². The van der Waals surface area contributed by atoms with E-state index in [4.69, 9.17) is 23.2 Å². The molecule has 1 amide bonds. The van der Waals surface area contributed by atoms with E-state index >= 15 is 0 Å².